The lowest BCUT2D eigenvalue weighted by molar-refractivity contribution is 0.0752. The Labute approximate surface area is 87.7 Å². The summed E-state index contributed by atoms with van der Waals surface area (Å²) in [4.78, 5) is 4.90. The van der Waals surface area contributed by atoms with E-state index in [2.05, 4.69) is 16.8 Å². The molecule has 2 bridgehead atoms. The van der Waals surface area contributed by atoms with E-state index in [1.165, 1.54) is 12.8 Å². The van der Waals surface area contributed by atoms with Gasteiger partial charge in [-0.3, -0.25) is 9.80 Å². The first-order valence-electron chi connectivity index (χ1n) is 5.86. The first-order valence-corrected chi connectivity index (χ1v) is 5.86. The number of likely N-dealkylation sites (tertiary alicyclic amines) is 1. The highest BCUT2D eigenvalue weighted by Gasteiger charge is 2.36. The molecule has 1 N–H and O–H groups in total. The first kappa shape index (κ1) is 12.0. The Kier molecular flexibility index (Phi) is 4.85. The van der Waals surface area contributed by atoms with E-state index in [-0.39, 0.29) is 0 Å². The third kappa shape index (κ3) is 2.47. The molecule has 2 unspecified atom stereocenters. The van der Waals surface area contributed by atoms with E-state index in [1.54, 1.807) is 0 Å². The molecule has 2 atom stereocenters. The summed E-state index contributed by atoms with van der Waals surface area (Å²) in [7, 11) is 2.23. The Morgan fingerprint density at radius 3 is 2.07 bits per heavy atom. The molecule has 0 aromatic rings. The van der Waals surface area contributed by atoms with Crippen LogP contribution in [0.25, 0.3) is 0 Å². The van der Waals surface area contributed by atoms with Crippen molar-refractivity contribution in [3.63, 3.8) is 0 Å². The third-order valence-electron chi connectivity index (χ3n) is 3.34. The van der Waals surface area contributed by atoms with Crippen LogP contribution in [0.4, 0.5) is 0 Å². The van der Waals surface area contributed by atoms with Crippen molar-refractivity contribution in [2.24, 2.45) is 0 Å². The van der Waals surface area contributed by atoms with E-state index in [1.807, 2.05) is 13.8 Å². The fourth-order valence-electron chi connectivity index (χ4n) is 2.52. The highest BCUT2D eigenvalue weighted by molar-refractivity contribution is 4.93. The second kappa shape index (κ2) is 5.69. The summed E-state index contributed by atoms with van der Waals surface area (Å²) in [5.74, 6) is 0. The van der Waals surface area contributed by atoms with Gasteiger partial charge in [0.25, 0.3) is 0 Å². The molecule has 0 aliphatic carbocycles. The van der Waals surface area contributed by atoms with Gasteiger partial charge in [-0.1, -0.05) is 13.8 Å². The van der Waals surface area contributed by atoms with Gasteiger partial charge in [-0.25, -0.2) is 0 Å². The number of β-amino-alcohol motifs (C(OH)–C–C–N with tert-alkyl or cyclic N) is 1. The van der Waals surface area contributed by atoms with E-state index in [0.717, 1.165) is 31.7 Å². The summed E-state index contributed by atoms with van der Waals surface area (Å²) < 4.78 is 0. The van der Waals surface area contributed by atoms with Crippen molar-refractivity contribution in [1.29, 1.82) is 0 Å². The molecule has 3 heteroatoms. The van der Waals surface area contributed by atoms with Crippen molar-refractivity contribution in [2.75, 3.05) is 33.3 Å². The van der Waals surface area contributed by atoms with Crippen LogP contribution in [0.1, 0.15) is 26.7 Å². The normalized spacial score (nSPS) is 32.6. The number of nitrogens with zero attached hydrogens (tertiary/aromatic N) is 2. The van der Waals surface area contributed by atoms with Crippen LogP contribution in [-0.2, 0) is 0 Å². The maximum atomic E-state index is 8.82. The molecule has 2 heterocycles. The molecule has 0 saturated carbocycles. The van der Waals surface area contributed by atoms with E-state index >= 15 is 0 Å². The molecule has 0 aromatic carbocycles. The van der Waals surface area contributed by atoms with Gasteiger partial charge in [0, 0.05) is 31.7 Å². The van der Waals surface area contributed by atoms with Crippen molar-refractivity contribution in [3.8, 4) is 0 Å². The van der Waals surface area contributed by atoms with Crippen LogP contribution in [0, 0.1) is 0 Å². The van der Waals surface area contributed by atoms with Crippen LogP contribution >= 0.6 is 0 Å². The van der Waals surface area contributed by atoms with Gasteiger partial charge < -0.3 is 5.11 Å². The van der Waals surface area contributed by atoms with Gasteiger partial charge in [0.1, 0.15) is 0 Å². The predicted octanol–water partition coefficient (Wildman–Crippen LogP) is 0.783. The Morgan fingerprint density at radius 1 is 1.14 bits per heavy atom. The average Bonchev–Trinajstić information content (AvgIpc) is 2.44. The molecular weight excluding hydrogens is 176 g/mol. The maximum Gasteiger partial charge on any atom is 0.0558 e. The molecule has 2 aliphatic heterocycles. The highest BCUT2D eigenvalue weighted by atomic mass is 16.3. The molecule has 14 heavy (non-hydrogen) atoms. The molecule has 2 saturated heterocycles. The zero-order valence-corrected chi connectivity index (χ0v) is 9.74. The number of rotatable bonds is 2. The van der Waals surface area contributed by atoms with Gasteiger partial charge in [0.2, 0.25) is 0 Å². The second-order valence-corrected chi connectivity index (χ2v) is 4.03. The molecule has 0 radical (unpaired) electrons. The van der Waals surface area contributed by atoms with Crippen LogP contribution in [0.3, 0.4) is 0 Å². The Bertz CT molecular complexity index is 149. The van der Waals surface area contributed by atoms with E-state index in [0.29, 0.717) is 6.61 Å². The largest absolute Gasteiger partial charge is 0.395 e. The Hall–Kier alpha value is -0.120. The van der Waals surface area contributed by atoms with Gasteiger partial charge in [0.15, 0.2) is 0 Å². The number of hydrogen-bond acceptors (Lipinski definition) is 3. The summed E-state index contributed by atoms with van der Waals surface area (Å²) in [6.45, 7) is 7.49. The fourth-order valence-corrected chi connectivity index (χ4v) is 2.52. The first-order chi connectivity index (χ1) is 6.81. The van der Waals surface area contributed by atoms with Crippen LogP contribution in [0.2, 0.25) is 0 Å². The SMILES string of the molecule is CC.CN1C2CCC1CN(CCO)C2. The lowest BCUT2D eigenvalue weighted by Crippen LogP contribution is -2.52. The van der Waals surface area contributed by atoms with Crippen molar-refractivity contribution < 1.29 is 5.11 Å². The van der Waals surface area contributed by atoms with Crippen molar-refractivity contribution in [1.82, 2.24) is 9.80 Å². The van der Waals surface area contributed by atoms with E-state index < -0.39 is 0 Å². The van der Waals surface area contributed by atoms with Crippen molar-refractivity contribution in [2.45, 2.75) is 38.8 Å². The van der Waals surface area contributed by atoms with Gasteiger partial charge >= 0.3 is 0 Å². The van der Waals surface area contributed by atoms with Crippen LogP contribution < -0.4 is 0 Å². The van der Waals surface area contributed by atoms with Crippen LogP contribution in [0.5, 0.6) is 0 Å². The lowest BCUT2D eigenvalue weighted by atomic mass is 10.2. The smallest absolute Gasteiger partial charge is 0.0558 e. The summed E-state index contributed by atoms with van der Waals surface area (Å²) >= 11 is 0. The van der Waals surface area contributed by atoms with Crippen LogP contribution in [0.15, 0.2) is 0 Å². The summed E-state index contributed by atoms with van der Waals surface area (Å²) in [6, 6.07) is 1.52. The number of likely N-dealkylation sites (N-methyl/N-ethyl adjacent to an activating group) is 1. The molecule has 2 rings (SSSR count). The number of piperazine rings is 1. The van der Waals surface area contributed by atoms with Crippen LogP contribution in [-0.4, -0.2) is 60.3 Å². The van der Waals surface area contributed by atoms with E-state index in [9.17, 15) is 0 Å². The fraction of sp³-hybridized carbons (Fsp3) is 1.00. The lowest BCUT2D eigenvalue weighted by Gasteiger charge is -2.38. The molecule has 2 fully saturated rings. The minimum atomic E-state index is 0.309. The van der Waals surface area contributed by atoms with Gasteiger partial charge in [-0.15, -0.1) is 0 Å². The zero-order valence-electron chi connectivity index (χ0n) is 9.74. The molecular formula is C11H24N2O. The summed E-state index contributed by atoms with van der Waals surface area (Å²) in [6.07, 6.45) is 2.70. The topological polar surface area (TPSA) is 26.7 Å². The summed E-state index contributed by atoms with van der Waals surface area (Å²) in [5, 5.41) is 8.82. The Balaban J connectivity index is 0.000000461. The third-order valence-corrected chi connectivity index (χ3v) is 3.34. The molecule has 3 nitrogen and oxygen atoms in total. The minimum absolute atomic E-state index is 0.309. The Morgan fingerprint density at radius 2 is 1.64 bits per heavy atom. The molecule has 2 aliphatic rings. The molecule has 0 amide bonds. The van der Waals surface area contributed by atoms with Gasteiger partial charge in [-0.2, -0.15) is 0 Å². The van der Waals surface area contributed by atoms with Gasteiger partial charge in [0.05, 0.1) is 6.61 Å². The van der Waals surface area contributed by atoms with Gasteiger partial charge in [-0.05, 0) is 19.9 Å². The quantitative estimate of drug-likeness (QED) is 0.714. The van der Waals surface area contributed by atoms with Crippen molar-refractivity contribution >= 4 is 0 Å². The minimum Gasteiger partial charge on any atom is -0.395 e. The van der Waals surface area contributed by atoms with E-state index in [4.69, 9.17) is 5.11 Å². The number of fused-ring (bicyclic) bond motifs is 2. The molecule has 84 valence electrons. The maximum absolute atomic E-state index is 8.82. The highest BCUT2D eigenvalue weighted by Crippen LogP contribution is 2.27. The second-order valence-electron chi connectivity index (χ2n) is 4.03. The zero-order chi connectivity index (χ0) is 10.6. The summed E-state index contributed by atoms with van der Waals surface area (Å²) in [5.41, 5.74) is 0. The molecule has 0 aromatic heterocycles. The standard InChI is InChI=1S/C9H18N2O.C2H6/c1-10-8-2-3-9(10)7-11(6-8)4-5-12;1-2/h8-9,12H,2-7H2,1H3;1-2H3. The average molecular weight is 200 g/mol. The number of aliphatic hydroxyl groups excluding tert-OH is 1. The van der Waals surface area contributed by atoms with Crippen molar-refractivity contribution in [3.05, 3.63) is 0 Å². The number of hydrogen-bond donors (Lipinski definition) is 1. The number of aliphatic hydroxyl groups is 1. The molecule has 0 spiro atoms. The monoisotopic (exact) mass is 200 g/mol. The predicted molar refractivity (Wildman–Crippen MR) is 59.4 cm³/mol.